The van der Waals surface area contributed by atoms with Gasteiger partial charge in [-0.15, -0.1) is 0 Å². The predicted molar refractivity (Wildman–Crippen MR) is 178 cm³/mol. The molecule has 0 radical (unpaired) electrons. The summed E-state index contributed by atoms with van der Waals surface area (Å²) in [4.78, 5) is 15.3. The highest BCUT2D eigenvalue weighted by molar-refractivity contribution is 5.90. The topological polar surface area (TPSA) is 124 Å². The van der Waals surface area contributed by atoms with Crippen molar-refractivity contribution in [2.75, 3.05) is 25.5 Å². The number of hydrogen-bond acceptors (Lipinski definition) is 7. The summed E-state index contributed by atoms with van der Waals surface area (Å²) in [6.07, 6.45) is 5.96. The van der Waals surface area contributed by atoms with E-state index < -0.39 is 12.4 Å². The second kappa shape index (κ2) is 13.6. The Hall–Kier alpha value is -3.47. The fourth-order valence-corrected chi connectivity index (χ4v) is 9.02. The second-order valence-corrected chi connectivity index (χ2v) is 14.6. The molecule has 1 aliphatic heterocycles. The van der Waals surface area contributed by atoms with Crippen molar-refractivity contribution < 1.29 is 29.6 Å². The van der Waals surface area contributed by atoms with E-state index in [4.69, 9.17) is 9.47 Å². The highest BCUT2D eigenvalue weighted by Crippen LogP contribution is 2.55. The number of phenolic OH excluding ortho intramolecular Hbond substituents is 1. The van der Waals surface area contributed by atoms with Gasteiger partial charge >= 0.3 is 6.03 Å². The molecule has 8 rings (SSSR count). The first kappa shape index (κ1) is 32.1. The number of hydrogen-bond donors (Lipinski definition) is 5. The van der Waals surface area contributed by atoms with Crippen LogP contribution in [0.4, 0.5) is 10.5 Å². The van der Waals surface area contributed by atoms with Gasteiger partial charge in [0.1, 0.15) is 5.75 Å². The summed E-state index contributed by atoms with van der Waals surface area (Å²) in [5.41, 5.74) is 3.91. The van der Waals surface area contributed by atoms with Gasteiger partial charge in [0.2, 0.25) is 0 Å². The average molecular weight is 642 g/mol. The van der Waals surface area contributed by atoms with E-state index in [-0.39, 0.29) is 36.1 Å². The van der Waals surface area contributed by atoms with Crippen LogP contribution < -0.4 is 10.6 Å². The number of aliphatic hydroxyl groups excluding tert-OH is 2. The number of urea groups is 1. The van der Waals surface area contributed by atoms with Gasteiger partial charge in [0, 0.05) is 36.3 Å². The molecule has 47 heavy (non-hydrogen) atoms. The van der Waals surface area contributed by atoms with E-state index in [9.17, 15) is 20.1 Å². The quantitative estimate of drug-likeness (QED) is 0.179. The summed E-state index contributed by atoms with van der Waals surface area (Å²) < 4.78 is 13.1. The normalized spacial score (nSPS) is 30.3. The zero-order chi connectivity index (χ0) is 32.5. The molecule has 3 aromatic rings. The highest BCUT2D eigenvalue weighted by atomic mass is 16.7. The van der Waals surface area contributed by atoms with E-state index in [1.807, 2.05) is 60.5 Å². The van der Waals surface area contributed by atoms with E-state index >= 15 is 0 Å². The lowest BCUT2D eigenvalue weighted by atomic mass is 9.53. The van der Waals surface area contributed by atoms with Gasteiger partial charge in [-0.25, -0.2) is 4.79 Å². The minimum Gasteiger partial charge on any atom is -0.508 e. The first-order valence-corrected chi connectivity index (χ1v) is 17.1. The number of nitrogens with zero attached hydrogens (tertiary/aromatic N) is 1. The SMILES string of the molecule is CN(CC1CC(c2ccc(CO)cc2)OC(c2cccc(NC(=O)NC34CC5CC(CC(C5)C3)C4)c2)O1)CC(O)c1cccc(O)c1. The van der Waals surface area contributed by atoms with E-state index in [0.29, 0.717) is 30.8 Å². The Balaban J connectivity index is 1.04. The van der Waals surface area contributed by atoms with Crippen molar-refractivity contribution in [3.05, 3.63) is 95.1 Å². The molecule has 4 saturated carbocycles. The van der Waals surface area contributed by atoms with Gasteiger partial charge in [0.05, 0.1) is 24.9 Å². The Bertz CT molecular complexity index is 1510. The Morgan fingerprint density at radius 2 is 1.62 bits per heavy atom. The number of amides is 2. The minimum atomic E-state index is -0.767. The van der Waals surface area contributed by atoms with Crippen molar-refractivity contribution in [3.63, 3.8) is 0 Å². The summed E-state index contributed by atoms with van der Waals surface area (Å²) in [5.74, 6) is 2.37. The molecule has 5 fully saturated rings. The smallest absolute Gasteiger partial charge is 0.319 e. The molecule has 0 aromatic heterocycles. The first-order chi connectivity index (χ1) is 22.7. The lowest BCUT2D eigenvalue weighted by Crippen LogP contribution is -2.60. The number of aliphatic hydroxyl groups is 2. The fourth-order valence-electron chi connectivity index (χ4n) is 9.02. The lowest BCUT2D eigenvalue weighted by Gasteiger charge is -2.56. The maximum absolute atomic E-state index is 13.3. The van der Waals surface area contributed by atoms with Crippen molar-refractivity contribution in [1.82, 2.24) is 10.2 Å². The molecule has 250 valence electrons. The fraction of sp³-hybridized carbons (Fsp3) is 0.500. The first-order valence-electron chi connectivity index (χ1n) is 17.1. The molecule has 4 unspecified atom stereocenters. The predicted octanol–water partition coefficient (Wildman–Crippen LogP) is 6.19. The molecule has 4 bridgehead atoms. The third-order valence-electron chi connectivity index (χ3n) is 10.7. The van der Waals surface area contributed by atoms with Gasteiger partial charge in [0.25, 0.3) is 0 Å². The zero-order valence-electron chi connectivity index (χ0n) is 27.1. The molecule has 4 atom stereocenters. The molecule has 9 heteroatoms. The van der Waals surface area contributed by atoms with Crippen molar-refractivity contribution in [2.45, 2.75) is 81.7 Å². The van der Waals surface area contributed by atoms with E-state index in [1.54, 1.807) is 24.3 Å². The van der Waals surface area contributed by atoms with Gasteiger partial charge in [-0.05, 0) is 104 Å². The van der Waals surface area contributed by atoms with Crippen LogP contribution in [-0.2, 0) is 16.1 Å². The number of rotatable bonds is 10. The standard InChI is InChI=1S/C38H47N3O6/c1-41(22-34(44)29-4-3-7-32(43)16-29)21-33-17-35(28-10-8-24(23-42)9-11-28)47-36(46-33)30-5-2-6-31(15-30)39-37(45)40-38-18-25-12-26(19-38)14-27(13-25)20-38/h2-11,15-16,25-27,33-36,42-44H,12-14,17-23H2,1H3,(H2,39,40,45). The summed E-state index contributed by atoms with van der Waals surface area (Å²) in [7, 11) is 1.94. The van der Waals surface area contributed by atoms with Crippen LogP contribution in [0.15, 0.2) is 72.8 Å². The highest BCUT2D eigenvalue weighted by Gasteiger charge is 2.51. The number of aromatic hydroxyl groups is 1. The van der Waals surface area contributed by atoms with Crippen LogP contribution in [0.3, 0.4) is 0 Å². The van der Waals surface area contributed by atoms with Crippen LogP contribution in [0, 0.1) is 17.8 Å². The summed E-state index contributed by atoms with van der Waals surface area (Å²) >= 11 is 0. The van der Waals surface area contributed by atoms with E-state index in [1.165, 1.54) is 19.3 Å². The maximum atomic E-state index is 13.3. The second-order valence-electron chi connectivity index (χ2n) is 14.6. The monoisotopic (exact) mass is 641 g/mol. The molecule has 5 N–H and O–H groups in total. The molecule has 1 heterocycles. The van der Waals surface area contributed by atoms with Crippen molar-refractivity contribution >= 4 is 11.7 Å². The number of anilines is 1. The number of phenols is 1. The van der Waals surface area contributed by atoms with Crippen LogP contribution in [0.5, 0.6) is 5.75 Å². The van der Waals surface area contributed by atoms with Crippen LogP contribution in [0.1, 0.15) is 85.7 Å². The Morgan fingerprint density at radius 1 is 0.915 bits per heavy atom. The van der Waals surface area contributed by atoms with Gasteiger partial charge in [-0.1, -0.05) is 48.5 Å². The Labute approximate surface area is 276 Å². The average Bonchev–Trinajstić information content (AvgIpc) is 3.03. The zero-order valence-corrected chi connectivity index (χ0v) is 27.1. The molecule has 1 saturated heterocycles. The van der Waals surface area contributed by atoms with Crippen molar-refractivity contribution in [2.24, 2.45) is 17.8 Å². The number of likely N-dealkylation sites (N-methyl/N-ethyl adjacent to an activating group) is 1. The van der Waals surface area contributed by atoms with Gasteiger partial charge < -0.3 is 40.3 Å². The number of nitrogens with one attached hydrogen (secondary N) is 2. The summed E-state index contributed by atoms with van der Waals surface area (Å²) in [6, 6.07) is 22.0. The molecular weight excluding hydrogens is 594 g/mol. The summed E-state index contributed by atoms with van der Waals surface area (Å²) in [6.45, 7) is 0.887. The van der Waals surface area contributed by atoms with Crippen molar-refractivity contribution in [1.29, 1.82) is 0 Å². The van der Waals surface area contributed by atoms with Gasteiger partial charge in [-0.3, -0.25) is 0 Å². The van der Waals surface area contributed by atoms with Gasteiger partial charge in [-0.2, -0.15) is 0 Å². The maximum Gasteiger partial charge on any atom is 0.319 e. The molecule has 5 aliphatic rings. The molecule has 4 aliphatic carbocycles. The molecular formula is C38H47N3O6. The van der Waals surface area contributed by atoms with Crippen LogP contribution in [0.25, 0.3) is 0 Å². The van der Waals surface area contributed by atoms with Crippen molar-refractivity contribution in [3.8, 4) is 5.75 Å². The van der Waals surface area contributed by atoms with Crippen LogP contribution in [-0.4, -0.2) is 58.0 Å². The third kappa shape index (κ3) is 7.50. The Kier molecular flexibility index (Phi) is 9.26. The molecule has 0 spiro atoms. The molecule has 3 aromatic carbocycles. The summed E-state index contributed by atoms with van der Waals surface area (Å²) in [5, 5.41) is 36.7. The molecule has 2 amide bonds. The Morgan fingerprint density at radius 3 is 2.30 bits per heavy atom. The van der Waals surface area contributed by atoms with E-state index in [2.05, 4.69) is 10.6 Å². The third-order valence-corrected chi connectivity index (χ3v) is 10.7. The number of carbonyl (C=O) groups excluding carboxylic acids is 1. The largest absolute Gasteiger partial charge is 0.508 e. The number of ether oxygens (including phenoxy) is 2. The minimum absolute atomic E-state index is 0.0251. The lowest BCUT2D eigenvalue weighted by molar-refractivity contribution is -0.252. The number of carbonyl (C=O) groups is 1. The number of benzene rings is 3. The van der Waals surface area contributed by atoms with Crippen LogP contribution >= 0.6 is 0 Å². The van der Waals surface area contributed by atoms with Gasteiger partial charge in [0.15, 0.2) is 6.29 Å². The van der Waals surface area contributed by atoms with E-state index in [0.717, 1.165) is 53.7 Å². The van der Waals surface area contributed by atoms with Crippen LogP contribution in [0.2, 0.25) is 0 Å². The molecule has 9 nitrogen and oxygen atoms in total.